The summed E-state index contributed by atoms with van der Waals surface area (Å²) in [6.45, 7) is 0.364. The van der Waals surface area contributed by atoms with Crippen molar-refractivity contribution in [1.29, 1.82) is 0 Å². The minimum Gasteiger partial charge on any atom is -0.396 e. The van der Waals surface area contributed by atoms with Gasteiger partial charge >= 0.3 is 0 Å². The van der Waals surface area contributed by atoms with Crippen LogP contribution in [0.2, 0.25) is 0 Å². The van der Waals surface area contributed by atoms with Crippen LogP contribution in [0.5, 0.6) is 0 Å². The van der Waals surface area contributed by atoms with Gasteiger partial charge in [-0.1, -0.05) is 11.8 Å². The molecule has 0 unspecified atom stereocenters. The fraction of sp³-hybridized carbons (Fsp3) is 0.714. The minimum atomic E-state index is -0.181. The van der Waals surface area contributed by atoms with Crippen molar-refractivity contribution in [2.24, 2.45) is 0 Å². The molecule has 1 heterocycles. The van der Waals surface area contributed by atoms with E-state index in [-0.39, 0.29) is 17.8 Å². The van der Waals surface area contributed by atoms with E-state index in [0.29, 0.717) is 25.1 Å². The number of rotatable bonds is 3. The summed E-state index contributed by atoms with van der Waals surface area (Å²) in [5.41, 5.74) is 0. The molecule has 1 fully saturated rings. The molecule has 0 spiro atoms. The van der Waals surface area contributed by atoms with Crippen molar-refractivity contribution in [3.8, 4) is 0 Å². The third kappa shape index (κ3) is 2.22. The molecule has 1 aliphatic heterocycles. The zero-order chi connectivity index (χ0) is 8.97. The van der Waals surface area contributed by atoms with Crippen molar-refractivity contribution in [2.45, 2.75) is 12.8 Å². The Kier molecular flexibility index (Phi) is 3.55. The fourth-order valence-electron chi connectivity index (χ4n) is 0.985. The summed E-state index contributed by atoms with van der Waals surface area (Å²) in [6, 6.07) is 0. The average molecular weight is 189 g/mol. The van der Waals surface area contributed by atoms with Gasteiger partial charge in [-0.25, -0.2) is 0 Å². The summed E-state index contributed by atoms with van der Waals surface area (Å²) in [7, 11) is 0. The Morgan fingerprint density at radius 1 is 1.50 bits per heavy atom. The second-order valence-electron chi connectivity index (χ2n) is 2.49. The van der Waals surface area contributed by atoms with E-state index in [1.165, 1.54) is 4.90 Å². The van der Waals surface area contributed by atoms with Gasteiger partial charge in [-0.2, -0.15) is 0 Å². The standard InChI is InChI=1S/C7H11NO3S/c9-4-1-3-8-6(10)2-5-12-7(8)11/h9H,1-5H2. The molecule has 5 heteroatoms. The zero-order valence-electron chi connectivity index (χ0n) is 6.65. The van der Waals surface area contributed by atoms with Gasteiger partial charge in [0.05, 0.1) is 0 Å². The molecule has 0 bridgehead atoms. The number of carbonyl (C=O) groups is 2. The highest BCUT2D eigenvalue weighted by Gasteiger charge is 2.25. The first kappa shape index (κ1) is 9.54. The molecular formula is C7H11NO3S. The van der Waals surface area contributed by atoms with Crippen LogP contribution in [0.15, 0.2) is 0 Å². The third-order valence-electron chi connectivity index (χ3n) is 1.60. The lowest BCUT2D eigenvalue weighted by Crippen LogP contribution is -2.38. The van der Waals surface area contributed by atoms with Crippen molar-refractivity contribution in [1.82, 2.24) is 4.90 Å². The van der Waals surface area contributed by atoms with Gasteiger partial charge in [-0.15, -0.1) is 0 Å². The molecule has 0 aromatic heterocycles. The predicted molar refractivity (Wildman–Crippen MR) is 45.9 cm³/mol. The number of hydrogen-bond donors (Lipinski definition) is 1. The van der Waals surface area contributed by atoms with E-state index in [2.05, 4.69) is 0 Å². The van der Waals surface area contributed by atoms with Crippen LogP contribution >= 0.6 is 11.8 Å². The van der Waals surface area contributed by atoms with Crippen molar-refractivity contribution >= 4 is 22.9 Å². The first-order valence-electron chi connectivity index (χ1n) is 3.83. The maximum atomic E-state index is 11.1. The first-order chi connectivity index (χ1) is 5.75. The van der Waals surface area contributed by atoms with Crippen LogP contribution in [-0.2, 0) is 4.79 Å². The minimum absolute atomic E-state index is 0.0156. The SMILES string of the molecule is O=C1CCSC(=O)N1CCCO. The summed E-state index contributed by atoms with van der Waals surface area (Å²) in [6.07, 6.45) is 0.903. The number of thioether (sulfide) groups is 1. The molecule has 68 valence electrons. The zero-order valence-corrected chi connectivity index (χ0v) is 7.47. The van der Waals surface area contributed by atoms with E-state index >= 15 is 0 Å². The molecule has 1 aliphatic rings. The molecule has 12 heavy (non-hydrogen) atoms. The monoisotopic (exact) mass is 189 g/mol. The van der Waals surface area contributed by atoms with E-state index in [9.17, 15) is 9.59 Å². The van der Waals surface area contributed by atoms with E-state index in [4.69, 9.17) is 5.11 Å². The lowest BCUT2D eigenvalue weighted by molar-refractivity contribution is -0.127. The molecule has 0 radical (unpaired) electrons. The van der Waals surface area contributed by atoms with Gasteiger partial charge in [-0.05, 0) is 6.42 Å². The van der Waals surface area contributed by atoms with Crippen LogP contribution in [0.4, 0.5) is 4.79 Å². The normalized spacial score (nSPS) is 18.6. The Labute approximate surface area is 74.9 Å². The number of aliphatic hydroxyl groups is 1. The number of hydrogen-bond acceptors (Lipinski definition) is 4. The molecule has 0 aromatic rings. The molecule has 1 N–H and O–H groups in total. The van der Waals surface area contributed by atoms with Gasteiger partial charge in [0, 0.05) is 25.3 Å². The maximum absolute atomic E-state index is 11.1. The smallest absolute Gasteiger partial charge is 0.288 e. The number of nitrogens with zero attached hydrogens (tertiary/aromatic N) is 1. The number of aliphatic hydroxyl groups excluding tert-OH is 1. The second-order valence-corrected chi connectivity index (χ2v) is 3.53. The quantitative estimate of drug-likeness (QED) is 0.700. The lowest BCUT2D eigenvalue weighted by Gasteiger charge is -2.23. The summed E-state index contributed by atoms with van der Waals surface area (Å²) in [5.74, 6) is 0.472. The fourth-order valence-corrected chi connectivity index (χ4v) is 1.79. The van der Waals surface area contributed by atoms with Crippen molar-refractivity contribution in [3.63, 3.8) is 0 Å². The van der Waals surface area contributed by atoms with Gasteiger partial charge in [-0.3, -0.25) is 14.5 Å². The summed E-state index contributed by atoms with van der Waals surface area (Å²) < 4.78 is 0. The lowest BCUT2D eigenvalue weighted by atomic mass is 10.3. The summed E-state index contributed by atoms with van der Waals surface area (Å²) >= 11 is 1.16. The van der Waals surface area contributed by atoms with Crippen LogP contribution in [0.3, 0.4) is 0 Å². The van der Waals surface area contributed by atoms with Crippen LogP contribution in [0.25, 0.3) is 0 Å². The summed E-state index contributed by atoms with van der Waals surface area (Å²) in [4.78, 5) is 23.4. The maximum Gasteiger partial charge on any atom is 0.288 e. The molecule has 0 saturated carbocycles. The highest BCUT2D eigenvalue weighted by atomic mass is 32.2. The molecule has 2 amide bonds. The van der Waals surface area contributed by atoms with E-state index in [1.54, 1.807) is 0 Å². The van der Waals surface area contributed by atoms with Crippen LogP contribution in [0, 0.1) is 0 Å². The highest BCUT2D eigenvalue weighted by Crippen LogP contribution is 2.18. The van der Waals surface area contributed by atoms with E-state index in [1.807, 2.05) is 0 Å². The van der Waals surface area contributed by atoms with E-state index < -0.39 is 0 Å². The van der Waals surface area contributed by atoms with Gasteiger partial charge in [0.2, 0.25) is 5.91 Å². The molecule has 4 nitrogen and oxygen atoms in total. The molecule has 1 saturated heterocycles. The number of amides is 2. The molecule has 0 aromatic carbocycles. The summed E-state index contributed by atoms with van der Waals surface area (Å²) in [5, 5.41) is 8.33. The Balaban J connectivity index is 2.45. The molecule has 1 rings (SSSR count). The highest BCUT2D eigenvalue weighted by molar-refractivity contribution is 8.13. The predicted octanol–water partition coefficient (Wildman–Crippen LogP) is 0.454. The van der Waals surface area contributed by atoms with Crippen LogP contribution < -0.4 is 0 Å². The molecule has 0 aliphatic carbocycles. The van der Waals surface area contributed by atoms with Crippen LogP contribution in [0.1, 0.15) is 12.8 Å². The van der Waals surface area contributed by atoms with Crippen molar-refractivity contribution in [2.75, 3.05) is 18.9 Å². The number of imide groups is 1. The first-order valence-corrected chi connectivity index (χ1v) is 4.82. The average Bonchev–Trinajstić information content (AvgIpc) is 2.04. The van der Waals surface area contributed by atoms with E-state index in [0.717, 1.165) is 11.8 Å². The second kappa shape index (κ2) is 4.47. The van der Waals surface area contributed by atoms with Gasteiger partial charge in [0.15, 0.2) is 0 Å². The molecule has 0 atom stereocenters. The largest absolute Gasteiger partial charge is 0.396 e. The molecular weight excluding hydrogens is 178 g/mol. The third-order valence-corrected chi connectivity index (χ3v) is 2.48. The topological polar surface area (TPSA) is 57.6 Å². The van der Waals surface area contributed by atoms with Gasteiger partial charge < -0.3 is 5.11 Å². The van der Waals surface area contributed by atoms with Crippen LogP contribution in [-0.4, -0.2) is 40.1 Å². The van der Waals surface area contributed by atoms with Crippen molar-refractivity contribution in [3.05, 3.63) is 0 Å². The Morgan fingerprint density at radius 2 is 2.25 bits per heavy atom. The van der Waals surface area contributed by atoms with Gasteiger partial charge in [0.25, 0.3) is 5.24 Å². The Bertz CT molecular complexity index is 179. The Morgan fingerprint density at radius 3 is 2.83 bits per heavy atom. The van der Waals surface area contributed by atoms with Gasteiger partial charge in [0.1, 0.15) is 0 Å². The Hall–Kier alpha value is -0.550. The van der Waals surface area contributed by atoms with Crippen molar-refractivity contribution < 1.29 is 14.7 Å². The number of carbonyl (C=O) groups excluding carboxylic acids is 2.